The lowest BCUT2D eigenvalue weighted by atomic mass is 9.98. The molecule has 0 bridgehead atoms. The van der Waals surface area contributed by atoms with Crippen molar-refractivity contribution in [2.24, 2.45) is 0 Å². The first-order valence-corrected chi connectivity index (χ1v) is 4.63. The standard InChI is InChI=1S/C10H14NOSi/c1-10(2,12-13)7-8-4-3-5-9(11)6-8/h3-6H,7,11H2,1-2H3. The lowest BCUT2D eigenvalue weighted by Crippen LogP contribution is -2.26. The number of nitrogen functional groups attached to an aromatic ring is 1. The molecule has 0 fully saturated rings. The van der Waals surface area contributed by atoms with Gasteiger partial charge >= 0.3 is 0 Å². The van der Waals surface area contributed by atoms with Gasteiger partial charge in [0.25, 0.3) is 0 Å². The first kappa shape index (κ1) is 10.3. The molecule has 1 aromatic rings. The van der Waals surface area contributed by atoms with Gasteiger partial charge in [-0.25, -0.2) is 0 Å². The van der Waals surface area contributed by atoms with Crippen LogP contribution in [-0.2, 0) is 10.8 Å². The lowest BCUT2D eigenvalue weighted by molar-refractivity contribution is 0.124. The van der Waals surface area contributed by atoms with Crippen LogP contribution >= 0.6 is 0 Å². The van der Waals surface area contributed by atoms with E-state index in [-0.39, 0.29) is 5.60 Å². The summed E-state index contributed by atoms with van der Waals surface area (Å²) in [5.74, 6) is 0. The summed E-state index contributed by atoms with van der Waals surface area (Å²) in [4.78, 5) is 0. The van der Waals surface area contributed by atoms with E-state index >= 15 is 0 Å². The minimum absolute atomic E-state index is 0.204. The predicted octanol–water partition coefficient (Wildman–Crippen LogP) is 1.69. The summed E-state index contributed by atoms with van der Waals surface area (Å²) in [6.07, 6.45) is 0.835. The predicted molar refractivity (Wildman–Crippen MR) is 55.5 cm³/mol. The van der Waals surface area contributed by atoms with Gasteiger partial charge in [0.1, 0.15) is 0 Å². The molecule has 2 N–H and O–H groups in total. The topological polar surface area (TPSA) is 35.2 Å². The molecule has 0 aliphatic carbocycles. The van der Waals surface area contributed by atoms with E-state index in [1.807, 2.05) is 38.1 Å². The van der Waals surface area contributed by atoms with Gasteiger partial charge in [-0.15, -0.1) is 0 Å². The van der Waals surface area contributed by atoms with Gasteiger partial charge in [0.05, 0.1) is 5.60 Å². The molecule has 3 radical (unpaired) electrons. The average Bonchev–Trinajstić information content (AvgIpc) is 2.03. The Morgan fingerprint density at radius 1 is 1.46 bits per heavy atom. The Hall–Kier alpha value is -0.803. The van der Waals surface area contributed by atoms with E-state index in [2.05, 4.69) is 10.5 Å². The fourth-order valence-corrected chi connectivity index (χ4v) is 1.30. The third-order valence-corrected chi connectivity index (χ3v) is 2.41. The second kappa shape index (κ2) is 3.94. The van der Waals surface area contributed by atoms with Crippen molar-refractivity contribution in [2.45, 2.75) is 25.9 Å². The maximum absolute atomic E-state index is 5.67. The van der Waals surface area contributed by atoms with Crippen molar-refractivity contribution in [1.82, 2.24) is 0 Å². The Labute approximate surface area is 82.6 Å². The van der Waals surface area contributed by atoms with Crippen LogP contribution in [0.15, 0.2) is 24.3 Å². The van der Waals surface area contributed by atoms with Gasteiger partial charge in [-0.1, -0.05) is 12.1 Å². The van der Waals surface area contributed by atoms with Crippen LogP contribution < -0.4 is 5.73 Å². The smallest absolute Gasteiger partial charge is 0.246 e. The van der Waals surface area contributed by atoms with Crippen LogP contribution in [-0.4, -0.2) is 16.1 Å². The molecule has 13 heavy (non-hydrogen) atoms. The number of hydrogen-bond donors (Lipinski definition) is 1. The van der Waals surface area contributed by atoms with Crippen molar-refractivity contribution in [3.05, 3.63) is 29.8 Å². The molecule has 0 spiro atoms. The monoisotopic (exact) mass is 192 g/mol. The van der Waals surface area contributed by atoms with E-state index in [1.54, 1.807) is 0 Å². The molecule has 1 aromatic carbocycles. The third kappa shape index (κ3) is 3.20. The molecule has 1 rings (SSSR count). The maximum atomic E-state index is 5.67. The normalized spacial score (nSPS) is 11.6. The molecular weight excluding hydrogens is 178 g/mol. The summed E-state index contributed by atoms with van der Waals surface area (Å²) in [6.45, 7) is 4.03. The SMILES string of the molecule is CC(C)(Cc1cccc(N)c1)O[Si]. The lowest BCUT2D eigenvalue weighted by Gasteiger charge is -2.23. The Morgan fingerprint density at radius 2 is 2.15 bits per heavy atom. The van der Waals surface area contributed by atoms with Gasteiger partial charge in [0.2, 0.25) is 10.5 Å². The summed E-state index contributed by atoms with van der Waals surface area (Å²) in [6, 6.07) is 7.84. The minimum Gasteiger partial charge on any atom is -0.413 e. The van der Waals surface area contributed by atoms with Gasteiger partial charge in [0, 0.05) is 5.69 Å². The van der Waals surface area contributed by atoms with Crippen LogP contribution in [0.25, 0.3) is 0 Å². The molecule has 3 heteroatoms. The number of anilines is 1. The van der Waals surface area contributed by atoms with Crippen LogP contribution in [0.1, 0.15) is 19.4 Å². The van der Waals surface area contributed by atoms with Crippen molar-refractivity contribution < 1.29 is 4.43 Å². The van der Waals surface area contributed by atoms with Crippen molar-refractivity contribution >= 4 is 16.2 Å². The molecule has 0 aliphatic rings. The first-order valence-electron chi connectivity index (χ1n) is 4.23. The first-order chi connectivity index (χ1) is 6.03. The molecule has 0 atom stereocenters. The van der Waals surface area contributed by atoms with Gasteiger partial charge in [-0.3, -0.25) is 0 Å². The summed E-state index contributed by atoms with van der Waals surface area (Å²) in [7, 11) is 3.06. The summed E-state index contributed by atoms with van der Waals surface area (Å²) >= 11 is 0. The molecule has 0 amide bonds. The Morgan fingerprint density at radius 3 is 2.69 bits per heavy atom. The number of hydrogen-bond acceptors (Lipinski definition) is 2. The molecular formula is C10H14NOSi. The van der Waals surface area contributed by atoms with Crippen LogP contribution in [0.3, 0.4) is 0 Å². The van der Waals surface area contributed by atoms with E-state index in [0.29, 0.717) is 0 Å². The maximum Gasteiger partial charge on any atom is 0.246 e. The molecule has 2 nitrogen and oxygen atoms in total. The molecule has 69 valence electrons. The van der Waals surface area contributed by atoms with Crippen LogP contribution in [0.2, 0.25) is 0 Å². The number of nitrogens with two attached hydrogens (primary N) is 1. The van der Waals surface area contributed by atoms with Crippen LogP contribution in [0.4, 0.5) is 5.69 Å². The number of rotatable bonds is 3. The summed E-state index contributed by atoms with van der Waals surface area (Å²) in [5, 5.41) is 0. The number of benzene rings is 1. The molecule has 0 aliphatic heterocycles. The van der Waals surface area contributed by atoms with Gasteiger partial charge in [-0.05, 0) is 38.0 Å². The fraction of sp³-hybridized carbons (Fsp3) is 0.400. The van der Waals surface area contributed by atoms with E-state index < -0.39 is 0 Å². The van der Waals surface area contributed by atoms with Gasteiger partial charge < -0.3 is 10.2 Å². The van der Waals surface area contributed by atoms with Gasteiger partial charge in [-0.2, -0.15) is 0 Å². The van der Waals surface area contributed by atoms with Crippen molar-refractivity contribution in [2.75, 3.05) is 5.73 Å². The molecule has 0 saturated heterocycles. The van der Waals surface area contributed by atoms with Crippen LogP contribution in [0.5, 0.6) is 0 Å². The van der Waals surface area contributed by atoms with Crippen molar-refractivity contribution in [3.63, 3.8) is 0 Å². The second-order valence-electron chi connectivity index (χ2n) is 3.78. The average molecular weight is 192 g/mol. The molecule has 0 saturated carbocycles. The van der Waals surface area contributed by atoms with Crippen molar-refractivity contribution in [3.8, 4) is 0 Å². The third-order valence-electron chi connectivity index (χ3n) is 1.86. The summed E-state index contributed by atoms with van der Waals surface area (Å²) < 4.78 is 5.15. The van der Waals surface area contributed by atoms with Crippen molar-refractivity contribution in [1.29, 1.82) is 0 Å². The van der Waals surface area contributed by atoms with E-state index in [9.17, 15) is 0 Å². The molecule has 0 aromatic heterocycles. The minimum atomic E-state index is -0.204. The highest BCUT2D eigenvalue weighted by Gasteiger charge is 2.16. The fourth-order valence-electron chi connectivity index (χ4n) is 1.23. The molecule has 0 unspecified atom stereocenters. The van der Waals surface area contributed by atoms with E-state index in [4.69, 9.17) is 10.2 Å². The highest BCUT2D eigenvalue weighted by atomic mass is 28.2. The highest BCUT2D eigenvalue weighted by Crippen LogP contribution is 2.17. The van der Waals surface area contributed by atoms with E-state index in [1.165, 1.54) is 5.56 Å². The zero-order valence-electron chi connectivity index (χ0n) is 8.00. The Kier molecular flexibility index (Phi) is 3.11. The largest absolute Gasteiger partial charge is 0.413 e. The molecule has 0 heterocycles. The highest BCUT2D eigenvalue weighted by molar-refractivity contribution is 5.98. The van der Waals surface area contributed by atoms with Gasteiger partial charge in [0.15, 0.2) is 0 Å². The van der Waals surface area contributed by atoms with Crippen LogP contribution in [0, 0.1) is 0 Å². The summed E-state index contributed by atoms with van der Waals surface area (Å²) in [5.41, 5.74) is 7.44. The van der Waals surface area contributed by atoms with E-state index in [0.717, 1.165) is 12.1 Å². The Bertz CT molecular complexity index is 286. The zero-order valence-corrected chi connectivity index (χ0v) is 9.00. The second-order valence-corrected chi connectivity index (χ2v) is 3.99. The quantitative estimate of drug-likeness (QED) is 0.584. The zero-order chi connectivity index (χ0) is 9.90. The Balaban J connectivity index is 2.74.